The van der Waals surface area contributed by atoms with E-state index in [0.717, 1.165) is 0 Å². The molecule has 0 aromatic carbocycles. The van der Waals surface area contributed by atoms with E-state index < -0.39 is 8.32 Å². The van der Waals surface area contributed by atoms with Crippen molar-refractivity contribution in [3.05, 3.63) is 23.9 Å². The lowest BCUT2D eigenvalue weighted by Gasteiger charge is -2.34. The molecule has 0 amide bonds. The summed E-state index contributed by atoms with van der Waals surface area (Å²) in [6.45, 7) is 8.46. The molecule has 2 fully saturated rings. The first-order valence-corrected chi connectivity index (χ1v) is 9.01. The molecule has 1 spiro atoms. The average molecular weight is 222 g/mol. The average Bonchev–Trinajstić information content (AvgIpc) is 2.39. The van der Waals surface area contributed by atoms with Crippen LogP contribution < -0.4 is 0 Å². The van der Waals surface area contributed by atoms with Crippen molar-refractivity contribution in [3.8, 4) is 0 Å². The molecule has 1 saturated carbocycles. The van der Waals surface area contributed by atoms with Crippen LogP contribution in [-0.4, -0.2) is 13.9 Å². The molecule has 0 atom stereocenters. The molecule has 0 radical (unpaired) electrons. The standard InChI is InChI=1S/C13H22OSi/c1-4-8-12-11-13(14-15(12,2)3)9-6-5-7-10-13/h4,8H,1,5-7,9-11H2,2-3H3/b12-8-. The molecule has 15 heavy (non-hydrogen) atoms. The molecule has 0 unspecified atom stereocenters. The number of rotatable bonds is 1. The fraction of sp³-hybridized carbons (Fsp3) is 0.692. The monoisotopic (exact) mass is 222 g/mol. The summed E-state index contributed by atoms with van der Waals surface area (Å²) in [6, 6.07) is 0. The Bertz CT molecular complexity index is 285. The van der Waals surface area contributed by atoms with Crippen LogP contribution in [0.15, 0.2) is 23.9 Å². The van der Waals surface area contributed by atoms with Gasteiger partial charge in [0, 0.05) is 0 Å². The molecule has 0 aromatic rings. The van der Waals surface area contributed by atoms with Gasteiger partial charge < -0.3 is 4.43 Å². The lowest BCUT2D eigenvalue weighted by atomic mass is 9.82. The number of hydrogen-bond acceptors (Lipinski definition) is 1. The van der Waals surface area contributed by atoms with E-state index in [2.05, 4.69) is 25.7 Å². The van der Waals surface area contributed by atoms with Crippen LogP contribution in [0.5, 0.6) is 0 Å². The summed E-state index contributed by atoms with van der Waals surface area (Å²) < 4.78 is 6.47. The SMILES string of the molecule is C=C/C=C1/CC2(CCCCC2)O[Si]1(C)C. The third-order valence-corrected chi connectivity index (χ3v) is 6.67. The Kier molecular flexibility index (Phi) is 2.91. The number of hydrogen-bond donors (Lipinski definition) is 0. The van der Waals surface area contributed by atoms with Crippen LogP contribution in [0.1, 0.15) is 38.5 Å². The smallest absolute Gasteiger partial charge is 0.215 e. The fourth-order valence-corrected chi connectivity index (χ4v) is 5.84. The van der Waals surface area contributed by atoms with Gasteiger partial charge in [0.1, 0.15) is 0 Å². The molecule has 0 bridgehead atoms. The molecule has 1 aliphatic heterocycles. The van der Waals surface area contributed by atoms with E-state index >= 15 is 0 Å². The van der Waals surface area contributed by atoms with Crippen molar-refractivity contribution in [1.82, 2.24) is 0 Å². The van der Waals surface area contributed by atoms with Gasteiger partial charge >= 0.3 is 0 Å². The van der Waals surface area contributed by atoms with Gasteiger partial charge in [-0.25, -0.2) is 0 Å². The van der Waals surface area contributed by atoms with E-state index in [1.807, 2.05) is 6.08 Å². The molecule has 2 rings (SSSR count). The Morgan fingerprint density at radius 1 is 1.27 bits per heavy atom. The lowest BCUT2D eigenvalue weighted by Crippen LogP contribution is -2.36. The van der Waals surface area contributed by atoms with Gasteiger partial charge in [-0.15, -0.1) is 0 Å². The minimum atomic E-state index is -1.56. The summed E-state index contributed by atoms with van der Waals surface area (Å²) in [5.41, 5.74) is 0.225. The largest absolute Gasteiger partial charge is 0.407 e. The first kappa shape index (κ1) is 11.2. The van der Waals surface area contributed by atoms with Gasteiger partial charge in [0.25, 0.3) is 0 Å². The summed E-state index contributed by atoms with van der Waals surface area (Å²) in [5, 5.41) is 1.56. The lowest BCUT2D eigenvalue weighted by molar-refractivity contribution is 0.0448. The van der Waals surface area contributed by atoms with E-state index in [4.69, 9.17) is 4.43 Å². The van der Waals surface area contributed by atoms with Crippen molar-refractivity contribution in [3.63, 3.8) is 0 Å². The van der Waals surface area contributed by atoms with Crippen molar-refractivity contribution in [2.75, 3.05) is 0 Å². The van der Waals surface area contributed by atoms with Gasteiger partial charge in [-0.1, -0.05) is 43.2 Å². The first-order valence-electron chi connectivity index (χ1n) is 6.10. The van der Waals surface area contributed by atoms with Crippen LogP contribution in [0.3, 0.4) is 0 Å². The summed E-state index contributed by atoms with van der Waals surface area (Å²) in [5.74, 6) is 0. The van der Waals surface area contributed by atoms with Gasteiger partial charge in [0.15, 0.2) is 0 Å². The topological polar surface area (TPSA) is 9.23 Å². The second-order valence-electron chi connectivity index (χ2n) is 5.46. The number of allylic oxidation sites excluding steroid dienone is 2. The van der Waals surface area contributed by atoms with Crippen molar-refractivity contribution >= 4 is 8.32 Å². The Balaban J connectivity index is 2.20. The van der Waals surface area contributed by atoms with Crippen LogP contribution >= 0.6 is 0 Å². The predicted octanol–water partition coefficient (Wildman–Crippen LogP) is 3.97. The molecule has 0 aromatic heterocycles. The van der Waals surface area contributed by atoms with Gasteiger partial charge in [0.05, 0.1) is 5.60 Å². The van der Waals surface area contributed by atoms with Crippen molar-refractivity contribution in [1.29, 1.82) is 0 Å². The Morgan fingerprint density at radius 2 is 1.93 bits per heavy atom. The van der Waals surface area contributed by atoms with E-state index in [-0.39, 0.29) is 5.60 Å². The van der Waals surface area contributed by atoms with Gasteiger partial charge in [-0.2, -0.15) is 0 Å². The highest BCUT2D eigenvalue weighted by molar-refractivity contribution is 6.79. The molecule has 1 nitrogen and oxygen atoms in total. The van der Waals surface area contributed by atoms with Crippen LogP contribution in [-0.2, 0) is 4.43 Å². The maximum Gasteiger partial charge on any atom is 0.215 e. The minimum absolute atomic E-state index is 0.225. The van der Waals surface area contributed by atoms with E-state index in [1.165, 1.54) is 38.5 Å². The molecule has 1 saturated heterocycles. The summed E-state index contributed by atoms with van der Waals surface area (Å²) in [4.78, 5) is 0. The van der Waals surface area contributed by atoms with Gasteiger partial charge in [0.2, 0.25) is 8.32 Å². The van der Waals surface area contributed by atoms with E-state index in [1.54, 1.807) is 5.20 Å². The highest BCUT2D eigenvalue weighted by atomic mass is 28.4. The van der Waals surface area contributed by atoms with Crippen LogP contribution in [0.4, 0.5) is 0 Å². The van der Waals surface area contributed by atoms with E-state index in [9.17, 15) is 0 Å². The Morgan fingerprint density at radius 3 is 2.53 bits per heavy atom. The van der Waals surface area contributed by atoms with Crippen LogP contribution in [0.2, 0.25) is 13.1 Å². The molecule has 1 aliphatic carbocycles. The zero-order valence-corrected chi connectivity index (χ0v) is 11.0. The molecule has 0 N–H and O–H groups in total. The second kappa shape index (κ2) is 3.91. The van der Waals surface area contributed by atoms with Gasteiger partial charge in [-0.05, 0) is 32.4 Å². The normalized spacial score (nSPS) is 30.9. The highest BCUT2D eigenvalue weighted by Crippen LogP contribution is 2.47. The Hall–Kier alpha value is -0.343. The Labute approximate surface area is 94.3 Å². The van der Waals surface area contributed by atoms with Crippen LogP contribution in [0, 0.1) is 0 Å². The summed E-state index contributed by atoms with van der Waals surface area (Å²) in [6.07, 6.45) is 12.0. The molecule has 2 heteroatoms. The van der Waals surface area contributed by atoms with Crippen molar-refractivity contribution < 1.29 is 4.43 Å². The minimum Gasteiger partial charge on any atom is -0.407 e. The van der Waals surface area contributed by atoms with E-state index in [0.29, 0.717) is 0 Å². The van der Waals surface area contributed by atoms with Gasteiger partial charge in [-0.3, -0.25) is 0 Å². The molecular formula is C13H22OSi. The maximum atomic E-state index is 6.47. The van der Waals surface area contributed by atoms with Crippen molar-refractivity contribution in [2.45, 2.75) is 57.2 Å². The third kappa shape index (κ3) is 2.11. The summed E-state index contributed by atoms with van der Waals surface area (Å²) in [7, 11) is -1.56. The maximum absolute atomic E-state index is 6.47. The first-order chi connectivity index (χ1) is 7.08. The third-order valence-electron chi connectivity index (χ3n) is 3.84. The quantitative estimate of drug-likeness (QED) is 0.610. The molecular weight excluding hydrogens is 200 g/mol. The predicted molar refractivity (Wildman–Crippen MR) is 67.3 cm³/mol. The highest BCUT2D eigenvalue weighted by Gasteiger charge is 2.48. The fourth-order valence-electron chi connectivity index (χ4n) is 3.08. The van der Waals surface area contributed by atoms with Crippen LogP contribution in [0.25, 0.3) is 0 Å². The molecule has 2 aliphatic rings. The molecule has 1 heterocycles. The second-order valence-corrected chi connectivity index (χ2v) is 9.33. The van der Waals surface area contributed by atoms with Crippen molar-refractivity contribution in [2.24, 2.45) is 0 Å². The zero-order valence-electron chi connectivity index (χ0n) is 10.0. The zero-order chi connectivity index (χ0) is 10.9. The summed E-state index contributed by atoms with van der Waals surface area (Å²) >= 11 is 0. The molecule has 84 valence electrons.